The van der Waals surface area contributed by atoms with Gasteiger partial charge in [-0.1, -0.05) is 38.1 Å². The van der Waals surface area contributed by atoms with Crippen LogP contribution in [-0.2, 0) is 31.4 Å². The van der Waals surface area contributed by atoms with Gasteiger partial charge in [0.05, 0.1) is 31.2 Å². The van der Waals surface area contributed by atoms with Crippen LogP contribution in [0.4, 0.5) is 0 Å². The van der Waals surface area contributed by atoms with Gasteiger partial charge in [0, 0.05) is 77.0 Å². The average Bonchev–Trinajstić information content (AvgIpc) is 3.13. The van der Waals surface area contributed by atoms with Gasteiger partial charge in [-0.25, -0.2) is 0 Å². The van der Waals surface area contributed by atoms with E-state index < -0.39 is 0 Å². The molecule has 4 heterocycles. The molecule has 1 fully saturated rings. The number of aromatic nitrogens is 2. The molecule has 1 saturated heterocycles. The summed E-state index contributed by atoms with van der Waals surface area (Å²) in [6.07, 6.45) is 7.72. The van der Waals surface area contributed by atoms with E-state index in [1.807, 2.05) is 43.1 Å². The molecule has 2 aromatic carbocycles. The largest absolute Gasteiger partial charge is 0.496 e. The zero-order valence-electron chi connectivity index (χ0n) is 29.9. The van der Waals surface area contributed by atoms with Gasteiger partial charge in [-0.15, -0.1) is 0 Å². The Labute approximate surface area is 294 Å². The molecular formula is C40H46N6O4. The summed E-state index contributed by atoms with van der Waals surface area (Å²) in [6, 6.07) is 14.4. The number of benzene rings is 2. The zero-order chi connectivity index (χ0) is 35.5. The lowest BCUT2D eigenvalue weighted by Gasteiger charge is -2.38. The maximum atomic E-state index is 13.3. The Kier molecular flexibility index (Phi) is 10.4. The number of piperazine rings is 1. The summed E-state index contributed by atoms with van der Waals surface area (Å²) >= 11 is 0. The van der Waals surface area contributed by atoms with Gasteiger partial charge in [0.2, 0.25) is 0 Å². The number of carbonyl (C=O) groups is 1. The first-order chi connectivity index (χ1) is 24.1. The van der Waals surface area contributed by atoms with Gasteiger partial charge in [0.15, 0.2) is 0 Å². The highest BCUT2D eigenvalue weighted by molar-refractivity contribution is 5.98. The summed E-state index contributed by atoms with van der Waals surface area (Å²) in [5.74, 6) is 1.45. The first-order valence-corrected chi connectivity index (χ1v) is 17.3. The Hall–Kier alpha value is -4.98. The van der Waals surface area contributed by atoms with Crippen LogP contribution < -0.4 is 15.0 Å². The fourth-order valence-corrected chi connectivity index (χ4v) is 7.42. The Balaban J connectivity index is 1.15. The number of methoxy groups -OCH3 is 2. The molecule has 2 aliphatic rings. The second kappa shape index (κ2) is 14.9. The lowest BCUT2D eigenvalue weighted by Crippen LogP contribution is -2.45. The number of rotatable bonds is 9. The lowest BCUT2D eigenvalue weighted by molar-refractivity contribution is -0.129. The van der Waals surface area contributed by atoms with Crippen LogP contribution in [0.25, 0.3) is 21.9 Å². The monoisotopic (exact) mass is 674 g/mol. The van der Waals surface area contributed by atoms with E-state index in [1.54, 1.807) is 44.3 Å². The van der Waals surface area contributed by atoms with Gasteiger partial charge >= 0.3 is 0 Å². The SMILES string of the molecule is COc1cc(-c2cn(C)c(=O)c3cnccc23)cc(OC)c1CN1CCN(Cc2cccc3c2CCN(C(=O)/C(C#N)=C\C(C)C)C3C)CC1. The molecule has 0 bridgehead atoms. The molecule has 1 atom stereocenters. The van der Waals surface area contributed by atoms with E-state index in [0.29, 0.717) is 18.5 Å². The van der Waals surface area contributed by atoms with Crippen LogP contribution in [0.15, 0.2) is 71.4 Å². The predicted octanol–water partition coefficient (Wildman–Crippen LogP) is 5.49. The van der Waals surface area contributed by atoms with Crippen LogP contribution in [0.5, 0.6) is 11.5 Å². The molecule has 4 aromatic rings. The lowest BCUT2D eigenvalue weighted by atomic mass is 9.89. The number of hydrogen-bond acceptors (Lipinski definition) is 8. The summed E-state index contributed by atoms with van der Waals surface area (Å²) in [5.41, 5.74) is 6.77. The molecule has 6 rings (SSSR count). The van der Waals surface area contributed by atoms with Crippen LogP contribution >= 0.6 is 0 Å². The van der Waals surface area contributed by atoms with E-state index in [9.17, 15) is 14.9 Å². The molecule has 1 amide bonds. The number of carbonyl (C=O) groups excluding carboxylic acids is 1. The third kappa shape index (κ3) is 6.89. The topological polar surface area (TPSA) is 104 Å². The number of nitriles is 1. The number of amides is 1. The molecule has 0 saturated carbocycles. The third-order valence-electron chi connectivity index (χ3n) is 10.1. The first-order valence-electron chi connectivity index (χ1n) is 17.3. The van der Waals surface area contributed by atoms with Crippen LogP contribution in [-0.4, -0.2) is 77.1 Å². The number of hydrogen-bond donors (Lipinski definition) is 0. The number of pyridine rings is 2. The van der Waals surface area contributed by atoms with E-state index in [-0.39, 0.29) is 29.0 Å². The third-order valence-corrected chi connectivity index (χ3v) is 10.1. The van der Waals surface area contributed by atoms with Gasteiger partial charge in [-0.3, -0.25) is 24.4 Å². The van der Waals surface area contributed by atoms with Crippen molar-refractivity contribution in [3.8, 4) is 28.7 Å². The van der Waals surface area contributed by atoms with E-state index in [1.165, 1.54) is 16.7 Å². The standard InChI is InChI=1S/C40H46N6O4/c1-26(2)18-30(21-41)39(47)46-13-11-32-28(8-7-9-31(32)27(46)3)23-44-14-16-45(17-15-44)25-36-37(49-5)19-29(20-38(36)50-6)35-24-43(4)40(48)34-22-42-12-10-33(34)35/h7-10,12,18-20,22,24,26-27H,11,13-17,23,25H2,1-6H3/b30-18-. The second-order valence-corrected chi connectivity index (χ2v) is 13.6. The van der Waals surface area contributed by atoms with Crippen molar-refractivity contribution in [1.82, 2.24) is 24.3 Å². The molecule has 50 heavy (non-hydrogen) atoms. The van der Waals surface area contributed by atoms with Crippen molar-refractivity contribution in [2.45, 2.75) is 46.3 Å². The molecule has 0 spiro atoms. The van der Waals surface area contributed by atoms with Gasteiger partial charge in [-0.05, 0) is 65.1 Å². The van der Waals surface area contributed by atoms with Crippen molar-refractivity contribution in [1.29, 1.82) is 5.26 Å². The highest BCUT2D eigenvalue weighted by atomic mass is 16.5. The van der Waals surface area contributed by atoms with Crippen LogP contribution in [0.3, 0.4) is 0 Å². The van der Waals surface area contributed by atoms with Crippen molar-refractivity contribution in [2.75, 3.05) is 46.9 Å². The molecular weight excluding hydrogens is 628 g/mol. The van der Waals surface area contributed by atoms with Crippen molar-refractivity contribution in [2.24, 2.45) is 13.0 Å². The Bertz CT molecular complexity index is 2010. The molecule has 10 heteroatoms. The first kappa shape index (κ1) is 34.9. The highest BCUT2D eigenvalue weighted by Crippen LogP contribution is 2.38. The molecule has 1 unspecified atom stereocenters. The molecule has 0 N–H and O–H groups in total. The number of ether oxygens (including phenoxy) is 2. The van der Waals surface area contributed by atoms with Crippen LogP contribution in [0, 0.1) is 17.2 Å². The van der Waals surface area contributed by atoms with Crippen molar-refractivity contribution < 1.29 is 14.3 Å². The maximum Gasteiger partial charge on any atom is 0.264 e. The zero-order valence-corrected chi connectivity index (χ0v) is 29.9. The van der Waals surface area contributed by atoms with Gasteiger partial charge in [0.25, 0.3) is 11.5 Å². The number of aryl methyl sites for hydroxylation is 1. The maximum absolute atomic E-state index is 13.3. The van der Waals surface area contributed by atoms with E-state index in [0.717, 1.165) is 72.7 Å². The molecule has 10 nitrogen and oxygen atoms in total. The minimum Gasteiger partial charge on any atom is -0.496 e. The minimum atomic E-state index is -0.179. The smallest absolute Gasteiger partial charge is 0.264 e. The Morgan fingerprint density at radius 2 is 1.70 bits per heavy atom. The number of allylic oxidation sites excluding steroid dienone is 1. The summed E-state index contributed by atoms with van der Waals surface area (Å²) in [7, 11) is 5.12. The predicted molar refractivity (Wildman–Crippen MR) is 195 cm³/mol. The molecule has 260 valence electrons. The quantitative estimate of drug-likeness (QED) is 0.170. The van der Waals surface area contributed by atoms with E-state index >= 15 is 0 Å². The van der Waals surface area contributed by atoms with Crippen molar-refractivity contribution >= 4 is 16.7 Å². The molecule has 0 radical (unpaired) electrons. The minimum absolute atomic E-state index is 0.0864. The van der Waals surface area contributed by atoms with E-state index in [2.05, 4.69) is 46.0 Å². The van der Waals surface area contributed by atoms with Gasteiger partial charge in [0.1, 0.15) is 23.1 Å². The van der Waals surface area contributed by atoms with Crippen LogP contribution in [0.2, 0.25) is 0 Å². The fraction of sp³-hybridized carbons (Fsp3) is 0.400. The number of nitrogens with zero attached hydrogens (tertiary/aromatic N) is 6. The highest BCUT2D eigenvalue weighted by Gasteiger charge is 2.31. The summed E-state index contributed by atoms with van der Waals surface area (Å²) in [5, 5.41) is 11.0. The molecule has 0 aliphatic carbocycles. The second-order valence-electron chi connectivity index (χ2n) is 13.6. The Morgan fingerprint density at radius 1 is 1.02 bits per heavy atom. The summed E-state index contributed by atoms with van der Waals surface area (Å²) < 4.78 is 13.5. The number of fused-ring (bicyclic) bond motifs is 2. The summed E-state index contributed by atoms with van der Waals surface area (Å²) in [6.45, 7) is 11.8. The van der Waals surface area contributed by atoms with Crippen LogP contribution in [0.1, 0.15) is 49.1 Å². The van der Waals surface area contributed by atoms with Crippen molar-refractivity contribution in [3.63, 3.8) is 0 Å². The van der Waals surface area contributed by atoms with E-state index in [4.69, 9.17) is 9.47 Å². The fourth-order valence-electron chi connectivity index (χ4n) is 7.42. The Morgan fingerprint density at radius 3 is 2.34 bits per heavy atom. The average molecular weight is 675 g/mol. The molecule has 2 aliphatic heterocycles. The summed E-state index contributed by atoms with van der Waals surface area (Å²) in [4.78, 5) is 37.0. The van der Waals surface area contributed by atoms with Crippen molar-refractivity contribution in [3.05, 3.63) is 99.2 Å². The van der Waals surface area contributed by atoms with Gasteiger partial charge < -0.3 is 18.9 Å². The van der Waals surface area contributed by atoms with Gasteiger partial charge in [-0.2, -0.15) is 5.26 Å². The molecule has 2 aromatic heterocycles. The normalized spacial score (nSPS) is 17.1.